The Morgan fingerprint density at radius 1 is 1.21 bits per heavy atom. The summed E-state index contributed by atoms with van der Waals surface area (Å²) in [4.78, 5) is 12.5. The van der Waals surface area contributed by atoms with Gasteiger partial charge in [0.2, 0.25) is 0 Å². The second-order valence-corrected chi connectivity index (χ2v) is 5.95. The minimum absolute atomic E-state index is 0.167. The summed E-state index contributed by atoms with van der Waals surface area (Å²) in [5.74, 6) is 0.837. The molecular weight excluding hydrogens is 300 g/mol. The van der Waals surface area contributed by atoms with Crippen molar-refractivity contribution < 1.29 is 9.53 Å². The number of carbonyl (C=O) groups excluding carboxylic acids is 1. The normalized spacial score (nSPS) is 11.8. The Labute approximate surface area is 144 Å². The van der Waals surface area contributed by atoms with Gasteiger partial charge < -0.3 is 15.8 Å². The Bertz CT molecular complexity index is 698. The summed E-state index contributed by atoms with van der Waals surface area (Å²) in [5.41, 5.74) is 8.98. The van der Waals surface area contributed by atoms with Gasteiger partial charge in [-0.2, -0.15) is 0 Å². The maximum atomic E-state index is 12.5. The van der Waals surface area contributed by atoms with Crippen LogP contribution < -0.4 is 15.8 Å². The van der Waals surface area contributed by atoms with Crippen LogP contribution in [0.2, 0.25) is 0 Å². The molecule has 1 atom stereocenters. The lowest BCUT2D eigenvalue weighted by Crippen LogP contribution is -2.14. The van der Waals surface area contributed by atoms with E-state index in [4.69, 9.17) is 10.5 Å². The molecule has 0 aromatic heterocycles. The Kier molecular flexibility index (Phi) is 6.24. The number of nitrogens with two attached hydrogens (primary N) is 1. The molecular formula is C20H26N2O2. The minimum atomic E-state index is -0.167. The van der Waals surface area contributed by atoms with Gasteiger partial charge in [-0.3, -0.25) is 4.79 Å². The van der Waals surface area contributed by atoms with E-state index in [2.05, 4.69) is 25.2 Å². The lowest BCUT2D eigenvalue weighted by molar-refractivity contribution is 0.102. The van der Waals surface area contributed by atoms with Crippen LogP contribution in [-0.4, -0.2) is 12.5 Å². The van der Waals surface area contributed by atoms with E-state index in [9.17, 15) is 4.79 Å². The predicted molar refractivity (Wildman–Crippen MR) is 99.7 cm³/mol. The Morgan fingerprint density at radius 2 is 1.96 bits per heavy atom. The lowest BCUT2D eigenvalue weighted by atomic mass is 9.97. The molecule has 2 rings (SSSR count). The number of benzene rings is 2. The lowest BCUT2D eigenvalue weighted by Gasteiger charge is -2.16. The Morgan fingerprint density at radius 3 is 2.62 bits per heavy atom. The number of ether oxygens (including phenoxy) is 1. The van der Waals surface area contributed by atoms with E-state index >= 15 is 0 Å². The van der Waals surface area contributed by atoms with Gasteiger partial charge in [0.05, 0.1) is 12.3 Å². The highest BCUT2D eigenvalue weighted by Gasteiger charge is 2.13. The summed E-state index contributed by atoms with van der Waals surface area (Å²) in [6.07, 6.45) is 1.93. The number of rotatable bonds is 7. The first-order valence-electron chi connectivity index (χ1n) is 8.49. The van der Waals surface area contributed by atoms with Crippen LogP contribution in [0.15, 0.2) is 42.5 Å². The number of amides is 1. The molecule has 0 bridgehead atoms. The zero-order valence-electron chi connectivity index (χ0n) is 14.6. The second kappa shape index (κ2) is 8.39. The number of hydrogen-bond donors (Lipinski definition) is 2. The van der Waals surface area contributed by atoms with E-state index in [1.165, 1.54) is 0 Å². The quantitative estimate of drug-likeness (QED) is 0.717. The molecule has 2 aromatic rings. The summed E-state index contributed by atoms with van der Waals surface area (Å²) in [6.45, 7) is 6.94. The first-order chi connectivity index (χ1) is 11.6. The van der Waals surface area contributed by atoms with Crippen molar-refractivity contribution in [2.45, 2.75) is 39.5 Å². The molecule has 0 fully saturated rings. The van der Waals surface area contributed by atoms with Gasteiger partial charge in [-0.25, -0.2) is 0 Å². The molecule has 3 N–H and O–H groups in total. The van der Waals surface area contributed by atoms with Crippen molar-refractivity contribution in [1.29, 1.82) is 0 Å². The number of para-hydroxylation sites is 1. The van der Waals surface area contributed by atoms with Crippen LogP contribution in [0.25, 0.3) is 0 Å². The molecule has 2 aromatic carbocycles. The molecule has 128 valence electrons. The van der Waals surface area contributed by atoms with Gasteiger partial charge in [0.1, 0.15) is 5.75 Å². The molecule has 0 heterocycles. The first kappa shape index (κ1) is 17.9. The molecule has 0 saturated heterocycles. The molecule has 1 unspecified atom stereocenters. The van der Waals surface area contributed by atoms with Crippen molar-refractivity contribution in [1.82, 2.24) is 0 Å². The van der Waals surface area contributed by atoms with Gasteiger partial charge in [-0.05, 0) is 48.6 Å². The van der Waals surface area contributed by atoms with Crippen LogP contribution in [0.5, 0.6) is 5.75 Å². The topological polar surface area (TPSA) is 64.3 Å². The fraction of sp³-hybridized carbons (Fsp3) is 0.350. The van der Waals surface area contributed by atoms with Crippen molar-refractivity contribution >= 4 is 17.3 Å². The number of carbonyl (C=O) groups is 1. The van der Waals surface area contributed by atoms with E-state index in [-0.39, 0.29) is 5.91 Å². The maximum Gasteiger partial charge on any atom is 0.255 e. The van der Waals surface area contributed by atoms with Gasteiger partial charge in [-0.1, -0.05) is 39.0 Å². The SMILES string of the molecule is CCCOc1ccc(C(=O)Nc2ccccc2C(C)CC)cc1N. The van der Waals surface area contributed by atoms with E-state index in [0.29, 0.717) is 29.5 Å². The molecule has 1 amide bonds. The number of anilines is 2. The number of hydrogen-bond acceptors (Lipinski definition) is 3. The highest BCUT2D eigenvalue weighted by atomic mass is 16.5. The van der Waals surface area contributed by atoms with E-state index in [1.54, 1.807) is 18.2 Å². The zero-order chi connectivity index (χ0) is 17.5. The summed E-state index contributed by atoms with van der Waals surface area (Å²) in [5, 5.41) is 3.00. The highest BCUT2D eigenvalue weighted by Crippen LogP contribution is 2.28. The molecule has 4 heteroatoms. The fourth-order valence-corrected chi connectivity index (χ4v) is 2.49. The number of nitrogen functional groups attached to an aromatic ring is 1. The van der Waals surface area contributed by atoms with E-state index in [0.717, 1.165) is 24.1 Å². The fourth-order valence-electron chi connectivity index (χ4n) is 2.49. The molecule has 0 aliphatic rings. The van der Waals surface area contributed by atoms with E-state index in [1.807, 2.05) is 25.1 Å². The monoisotopic (exact) mass is 326 g/mol. The third-order valence-electron chi connectivity index (χ3n) is 4.09. The minimum Gasteiger partial charge on any atom is -0.491 e. The van der Waals surface area contributed by atoms with Crippen LogP contribution in [0.4, 0.5) is 11.4 Å². The Hall–Kier alpha value is -2.49. The van der Waals surface area contributed by atoms with E-state index < -0.39 is 0 Å². The summed E-state index contributed by atoms with van der Waals surface area (Å²) in [6, 6.07) is 13.1. The van der Waals surface area contributed by atoms with Gasteiger partial charge in [-0.15, -0.1) is 0 Å². The van der Waals surface area contributed by atoms with Crippen LogP contribution in [0.1, 0.15) is 55.5 Å². The summed E-state index contributed by atoms with van der Waals surface area (Å²) >= 11 is 0. The van der Waals surface area contributed by atoms with Crippen LogP contribution in [0, 0.1) is 0 Å². The summed E-state index contributed by atoms with van der Waals surface area (Å²) in [7, 11) is 0. The first-order valence-corrected chi connectivity index (χ1v) is 8.49. The molecule has 0 spiro atoms. The van der Waals surface area contributed by atoms with Gasteiger partial charge in [0.25, 0.3) is 5.91 Å². The molecule has 0 aliphatic heterocycles. The Balaban J connectivity index is 2.17. The molecule has 0 aliphatic carbocycles. The molecule has 0 radical (unpaired) electrons. The van der Waals surface area contributed by atoms with Crippen LogP contribution >= 0.6 is 0 Å². The third-order valence-corrected chi connectivity index (χ3v) is 4.09. The van der Waals surface area contributed by atoms with Crippen molar-refractivity contribution in [3.63, 3.8) is 0 Å². The summed E-state index contributed by atoms with van der Waals surface area (Å²) < 4.78 is 5.55. The average Bonchev–Trinajstić information content (AvgIpc) is 2.60. The second-order valence-electron chi connectivity index (χ2n) is 5.95. The third kappa shape index (κ3) is 4.28. The highest BCUT2D eigenvalue weighted by molar-refractivity contribution is 6.05. The number of nitrogens with one attached hydrogen (secondary N) is 1. The largest absolute Gasteiger partial charge is 0.491 e. The van der Waals surface area contributed by atoms with Crippen molar-refractivity contribution in [2.24, 2.45) is 0 Å². The standard InChI is InChI=1S/C20H26N2O2/c1-4-12-24-19-11-10-15(13-17(19)21)20(23)22-18-9-7-6-8-16(18)14(3)5-2/h6-11,13-14H,4-5,12,21H2,1-3H3,(H,22,23). The van der Waals surface area contributed by atoms with Gasteiger partial charge in [0, 0.05) is 11.3 Å². The van der Waals surface area contributed by atoms with Gasteiger partial charge in [0.15, 0.2) is 0 Å². The van der Waals surface area contributed by atoms with Gasteiger partial charge >= 0.3 is 0 Å². The van der Waals surface area contributed by atoms with Crippen molar-refractivity contribution in [2.75, 3.05) is 17.7 Å². The van der Waals surface area contributed by atoms with Crippen LogP contribution in [-0.2, 0) is 0 Å². The zero-order valence-corrected chi connectivity index (χ0v) is 14.6. The molecule has 0 saturated carbocycles. The molecule has 4 nitrogen and oxygen atoms in total. The smallest absolute Gasteiger partial charge is 0.255 e. The van der Waals surface area contributed by atoms with Crippen molar-refractivity contribution in [3.8, 4) is 5.75 Å². The molecule has 24 heavy (non-hydrogen) atoms. The van der Waals surface area contributed by atoms with Crippen LogP contribution in [0.3, 0.4) is 0 Å². The van der Waals surface area contributed by atoms with Crippen molar-refractivity contribution in [3.05, 3.63) is 53.6 Å². The predicted octanol–water partition coefficient (Wildman–Crippen LogP) is 4.82. The average molecular weight is 326 g/mol. The maximum absolute atomic E-state index is 12.5.